The molecule has 1 fully saturated rings. The van der Waals surface area contributed by atoms with Crippen molar-refractivity contribution in [3.8, 4) is 0 Å². The standard InChI is InChI=1S/C17H20N6O2/c1-2-22-11-13(10-19-22)17(25)21-7-4-12(5-8-21)14-9-16(24)23-15(20-14)3-6-18-23/h3,6,9-12,18H,2,4-5,7-8H2,1H3. The van der Waals surface area contributed by atoms with Gasteiger partial charge in [-0.15, -0.1) is 0 Å². The second-order valence-corrected chi connectivity index (χ2v) is 6.33. The highest BCUT2D eigenvalue weighted by Gasteiger charge is 2.26. The van der Waals surface area contributed by atoms with E-state index >= 15 is 0 Å². The molecule has 0 saturated carbocycles. The van der Waals surface area contributed by atoms with Crippen LogP contribution in [0.5, 0.6) is 0 Å². The molecular formula is C17H20N6O2. The molecule has 25 heavy (non-hydrogen) atoms. The first-order valence-corrected chi connectivity index (χ1v) is 8.54. The second kappa shape index (κ2) is 6.19. The molecule has 1 N–H and O–H groups in total. The van der Waals surface area contributed by atoms with Crippen LogP contribution in [0.1, 0.15) is 41.7 Å². The highest BCUT2D eigenvalue weighted by molar-refractivity contribution is 5.93. The Morgan fingerprint density at radius 1 is 1.36 bits per heavy atom. The molecule has 0 aromatic carbocycles. The SMILES string of the molecule is CCn1cc(C(=O)N2CCC(c3cc(=O)n4[nH]ccc4n3)CC2)cn1. The van der Waals surface area contributed by atoms with Crippen LogP contribution in [-0.4, -0.2) is 48.3 Å². The summed E-state index contributed by atoms with van der Waals surface area (Å²) in [5.41, 5.74) is 1.98. The second-order valence-electron chi connectivity index (χ2n) is 6.33. The number of rotatable bonds is 3. The van der Waals surface area contributed by atoms with Crippen molar-refractivity contribution in [1.82, 2.24) is 29.3 Å². The van der Waals surface area contributed by atoms with Gasteiger partial charge in [-0.05, 0) is 19.8 Å². The van der Waals surface area contributed by atoms with E-state index in [9.17, 15) is 9.59 Å². The molecule has 0 bridgehead atoms. The number of aromatic nitrogens is 5. The Morgan fingerprint density at radius 3 is 2.88 bits per heavy atom. The molecule has 8 heteroatoms. The topological polar surface area (TPSA) is 88.3 Å². The average molecular weight is 340 g/mol. The van der Waals surface area contributed by atoms with Gasteiger partial charge in [0.25, 0.3) is 11.5 Å². The van der Waals surface area contributed by atoms with Crippen LogP contribution in [0.2, 0.25) is 0 Å². The molecule has 8 nitrogen and oxygen atoms in total. The van der Waals surface area contributed by atoms with E-state index in [2.05, 4.69) is 15.2 Å². The summed E-state index contributed by atoms with van der Waals surface area (Å²) in [6.07, 6.45) is 6.73. The Hall–Kier alpha value is -2.90. The van der Waals surface area contributed by atoms with E-state index < -0.39 is 0 Å². The summed E-state index contributed by atoms with van der Waals surface area (Å²) in [7, 11) is 0. The van der Waals surface area contributed by atoms with Gasteiger partial charge in [0.2, 0.25) is 0 Å². The fourth-order valence-electron chi connectivity index (χ4n) is 3.36. The van der Waals surface area contributed by atoms with Gasteiger partial charge in [0.1, 0.15) is 0 Å². The maximum Gasteiger partial charge on any atom is 0.272 e. The molecule has 3 aromatic rings. The zero-order valence-electron chi connectivity index (χ0n) is 14.1. The van der Waals surface area contributed by atoms with Crippen LogP contribution >= 0.6 is 0 Å². The van der Waals surface area contributed by atoms with Gasteiger partial charge in [-0.3, -0.25) is 19.4 Å². The number of amides is 1. The Labute approximate surface area is 144 Å². The number of nitrogens with one attached hydrogen (secondary N) is 1. The van der Waals surface area contributed by atoms with Crippen molar-refractivity contribution in [2.24, 2.45) is 0 Å². The number of nitrogens with zero attached hydrogens (tertiary/aromatic N) is 5. The van der Waals surface area contributed by atoms with Crippen LogP contribution in [0.15, 0.2) is 35.5 Å². The lowest BCUT2D eigenvalue weighted by atomic mass is 9.93. The molecule has 0 unspecified atom stereocenters. The van der Waals surface area contributed by atoms with Gasteiger partial charge in [0, 0.05) is 50.1 Å². The Bertz CT molecular complexity index is 961. The van der Waals surface area contributed by atoms with Crippen molar-refractivity contribution in [2.75, 3.05) is 13.1 Å². The first-order chi connectivity index (χ1) is 12.2. The molecule has 1 amide bonds. The molecule has 4 heterocycles. The van der Waals surface area contributed by atoms with Gasteiger partial charge >= 0.3 is 0 Å². The monoisotopic (exact) mass is 340 g/mol. The maximum atomic E-state index is 12.6. The van der Waals surface area contributed by atoms with E-state index in [0.29, 0.717) is 24.3 Å². The summed E-state index contributed by atoms with van der Waals surface area (Å²) in [6.45, 7) is 4.06. The third-order valence-corrected chi connectivity index (χ3v) is 4.81. The van der Waals surface area contributed by atoms with Crippen molar-refractivity contribution in [2.45, 2.75) is 32.2 Å². The number of aromatic amines is 1. The van der Waals surface area contributed by atoms with Gasteiger partial charge in [-0.2, -0.15) is 5.10 Å². The molecule has 4 rings (SSSR count). The number of H-pyrrole nitrogens is 1. The summed E-state index contributed by atoms with van der Waals surface area (Å²) in [6, 6.07) is 3.38. The van der Waals surface area contributed by atoms with E-state index in [4.69, 9.17) is 0 Å². The summed E-state index contributed by atoms with van der Waals surface area (Å²) in [4.78, 5) is 31.1. The van der Waals surface area contributed by atoms with Crippen LogP contribution in [0.4, 0.5) is 0 Å². The number of hydrogen-bond donors (Lipinski definition) is 1. The lowest BCUT2D eigenvalue weighted by Gasteiger charge is -2.31. The third kappa shape index (κ3) is 2.84. The van der Waals surface area contributed by atoms with Crippen molar-refractivity contribution in [3.05, 3.63) is 52.3 Å². The fraction of sp³-hybridized carbons (Fsp3) is 0.412. The summed E-state index contributed by atoms with van der Waals surface area (Å²) in [5, 5.41) is 7.01. The van der Waals surface area contributed by atoms with Crippen LogP contribution in [0.3, 0.4) is 0 Å². The first-order valence-electron chi connectivity index (χ1n) is 8.54. The van der Waals surface area contributed by atoms with Crippen LogP contribution in [0, 0.1) is 0 Å². The van der Waals surface area contributed by atoms with Gasteiger partial charge in [0.05, 0.1) is 17.5 Å². The number of fused-ring (bicyclic) bond motifs is 1. The lowest BCUT2D eigenvalue weighted by molar-refractivity contribution is 0.0712. The molecule has 3 aromatic heterocycles. The predicted octanol–water partition coefficient (Wildman–Crippen LogP) is 1.26. The van der Waals surface area contributed by atoms with Crippen molar-refractivity contribution < 1.29 is 4.79 Å². The normalized spacial score (nSPS) is 15.8. The van der Waals surface area contributed by atoms with E-state index in [0.717, 1.165) is 25.1 Å². The molecular weight excluding hydrogens is 320 g/mol. The van der Waals surface area contributed by atoms with Gasteiger partial charge in [0.15, 0.2) is 5.65 Å². The molecule has 1 aliphatic rings. The van der Waals surface area contributed by atoms with Crippen LogP contribution < -0.4 is 5.56 Å². The van der Waals surface area contributed by atoms with Crippen molar-refractivity contribution in [3.63, 3.8) is 0 Å². The van der Waals surface area contributed by atoms with Crippen LogP contribution in [0.25, 0.3) is 5.65 Å². The highest BCUT2D eigenvalue weighted by Crippen LogP contribution is 2.27. The number of carbonyl (C=O) groups is 1. The summed E-state index contributed by atoms with van der Waals surface area (Å²) >= 11 is 0. The number of piperidine rings is 1. The summed E-state index contributed by atoms with van der Waals surface area (Å²) < 4.78 is 3.18. The number of carbonyl (C=O) groups excluding carboxylic acids is 1. The van der Waals surface area contributed by atoms with E-state index in [1.807, 2.05) is 11.8 Å². The molecule has 0 spiro atoms. The number of hydrogen-bond acceptors (Lipinski definition) is 4. The highest BCUT2D eigenvalue weighted by atomic mass is 16.2. The molecule has 0 atom stereocenters. The fourth-order valence-corrected chi connectivity index (χ4v) is 3.36. The minimum absolute atomic E-state index is 0.0206. The average Bonchev–Trinajstić information content (AvgIpc) is 3.30. The van der Waals surface area contributed by atoms with Crippen LogP contribution in [-0.2, 0) is 6.54 Å². The van der Waals surface area contributed by atoms with Gasteiger partial charge in [-0.1, -0.05) is 0 Å². The molecule has 1 saturated heterocycles. The predicted molar refractivity (Wildman–Crippen MR) is 91.6 cm³/mol. The van der Waals surface area contributed by atoms with Gasteiger partial charge < -0.3 is 4.90 Å². The van der Waals surface area contributed by atoms with E-state index in [1.165, 1.54) is 4.52 Å². The van der Waals surface area contributed by atoms with E-state index in [1.54, 1.807) is 35.4 Å². The Kier molecular flexibility index (Phi) is 3.87. The van der Waals surface area contributed by atoms with E-state index in [-0.39, 0.29) is 17.4 Å². The zero-order valence-corrected chi connectivity index (χ0v) is 14.1. The van der Waals surface area contributed by atoms with Crippen molar-refractivity contribution >= 4 is 11.6 Å². The molecule has 1 aliphatic heterocycles. The quantitative estimate of drug-likeness (QED) is 0.777. The first kappa shape index (κ1) is 15.6. The molecule has 0 aliphatic carbocycles. The minimum Gasteiger partial charge on any atom is -0.339 e. The maximum absolute atomic E-state index is 12.6. The Morgan fingerprint density at radius 2 is 2.16 bits per heavy atom. The van der Waals surface area contributed by atoms with Crippen molar-refractivity contribution in [1.29, 1.82) is 0 Å². The lowest BCUT2D eigenvalue weighted by Crippen LogP contribution is -2.38. The van der Waals surface area contributed by atoms with Gasteiger partial charge in [-0.25, -0.2) is 9.50 Å². The summed E-state index contributed by atoms with van der Waals surface area (Å²) in [5.74, 6) is 0.224. The molecule has 0 radical (unpaired) electrons. The smallest absolute Gasteiger partial charge is 0.272 e. The number of aryl methyl sites for hydroxylation is 1. The number of likely N-dealkylation sites (tertiary alicyclic amines) is 1. The molecule has 130 valence electrons. The Balaban J connectivity index is 1.47. The minimum atomic E-state index is -0.101. The third-order valence-electron chi connectivity index (χ3n) is 4.81. The zero-order chi connectivity index (χ0) is 17.4. The largest absolute Gasteiger partial charge is 0.339 e.